The van der Waals surface area contributed by atoms with Crippen LogP contribution in [0.3, 0.4) is 0 Å². The third-order valence-electron chi connectivity index (χ3n) is 17.7. The summed E-state index contributed by atoms with van der Waals surface area (Å²) in [6.07, 6.45) is 0. The van der Waals surface area contributed by atoms with E-state index in [2.05, 4.69) is 293 Å². The summed E-state index contributed by atoms with van der Waals surface area (Å²) in [6, 6.07) is 78.1. The average Bonchev–Trinajstić information content (AvgIpc) is 3.59. The summed E-state index contributed by atoms with van der Waals surface area (Å²) < 4.78 is 0. The summed E-state index contributed by atoms with van der Waals surface area (Å²) in [7, 11) is 0. The molecule has 2 aliphatic rings. The Balaban J connectivity index is 1.18. The predicted molar refractivity (Wildman–Crippen MR) is 346 cm³/mol. The highest BCUT2D eigenvalue weighted by Crippen LogP contribution is 2.50. The Labute approximate surface area is 467 Å². The Bertz CT molecular complexity index is 4260. The molecule has 2 heterocycles. The second-order valence-electron chi connectivity index (χ2n) is 27.1. The lowest BCUT2D eigenvalue weighted by atomic mass is 9.33. The van der Waals surface area contributed by atoms with E-state index in [0.29, 0.717) is 0 Å². The molecule has 0 aromatic heterocycles. The minimum Gasteiger partial charge on any atom is -0.311 e. The smallest absolute Gasteiger partial charge is 0.252 e. The van der Waals surface area contributed by atoms with Gasteiger partial charge in [-0.1, -0.05) is 229 Å². The van der Waals surface area contributed by atoms with Gasteiger partial charge in [0.2, 0.25) is 0 Å². The first-order chi connectivity index (χ1) is 37.7. The fourth-order valence-electron chi connectivity index (χ4n) is 13.1. The molecule has 0 spiro atoms. The van der Waals surface area contributed by atoms with Crippen molar-refractivity contribution in [1.82, 2.24) is 0 Å². The van der Waals surface area contributed by atoms with Crippen molar-refractivity contribution < 1.29 is 0 Å². The number of anilines is 6. The molecule has 79 heavy (non-hydrogen) atoms. The molecule has 0 saturated carbocycles. The summed E-state index contributed by atoms with van der Waals surface area (Å²) in [5.41, 5.74) is 18.5. The zero-order valence-electron chi connectivity index (χ0n) is 48.0. The van der Waals surface area contributed by atoms with Crippen LogP contribution in [-0.2, 0) is 21.7 Å². The molecule has 0 radical (unpaired) electrons. The quantitative estimate of drug-likeness (QED) is 0.129. The molecule has 12 aromatic rings. The van der Waals surface area contributed by atoms with Crippen LogP contribution in [0, 0.1) is 0 Å². The van der Waals surface area contributed by atoms with Crippen molar-refractivity contribution in [3.63, 3.8) is 0 Å². The Morgan fingerprint density at radius 1 is 0.266 bits per heavy atom. The van der Waals surface area contributed by atoms with Gasteiger partial charge in [0, 0.05) is 34.1 Å². The molecule has 386 valence electrons. The lowest BCUT2D eigenvalue weighted by Gasteiger charge is -2.45. The van der Waals surface area contributed by atoms with E-state index in [4.69, 9.17) is 0 Å². The van der Waals surface area contributed by atoms with Crippen LogP contribution in [0.1, 0.15) is 105 Å². The molecule has 0 amide bonds. The van der Waals surface area contributed by atoms with E-state index in [0.717, 1.165) is 0 Å². The minimum atomic E-state index is -0.101. The van der Waals surface area contributed by atoms with Crippen LogP contribution in [0.15, 0.2) is 200 Å². The maximum atomic E-state index is 2.68. The van der Waals surface area contributed by atoms with Crippen molar-refractivity contribution in [2.45, 2.75) is 105 Å². The van der Waals surface area contributed by atoms with Gasteiger partial charge in [-0.15, -0.1) is 0 Å². The zero-order chi connectivity index (χ0) is 54.7. The Kier molecular flexibility index (Phi) is 10.7. The number of hydrogen-bond donors (Lipinski definition) is 0. The first-order valence-electron chi connectivity index (χ1n) is 28.6. The summed E-state index contributed by atoms with van der Waals surface area (Å²) >= 11 is 0. The van der Waals surface area contributed by atoms with Crippen LogP contribution < -0.4 is 26.2 Å². The third kappa shape index (κ3) is 7.98. The van der Waals surface area contributed by atoms with Crippen LogP contribution >= 0.6 is 0 Å². The van der Waals surface area contributed by atoms with Gasteiger partial charge in [0.05, 0.1) is 0 Å². The minimum absolute atomic E-state index is 0.0930. The van der Waals surface area contributed by atoms with Gasteiger partial charge in [0.1, 0.15) is 0 Å². The molecular weight excluding hydrogens is 952 g/mol. The number of hydrogen-bond acceptors (Lipinski definition) is 2. The van der Waals surface area contributed by atoms with Crippen molar-refractivity contribution in [3.8, 4) is 11.1 Å². The topological polar surface area (TPSA) is 6.48 Å². The molecule has 0 fully saturated rings. The molecule has 0 N–H and O–H groups in total. The fourth-order valence-corrected chi connectivity index (χ4v) is 13.1. The van der Waals surface area contributed by atoms with Crippen LogP contribution in [0.25, 0.3) is 75.8 Å². The van der Waals surface area contributed by atoms with E-state index in [9.17, 15) is 0 Å². The molecule has 14 rings (SSSR count). The third-order valence-corrected chi connectivity index (χ3v) is 17.7. The molecule has 0 saturated heterocycles. The van der Waals surface area contributed by atoms with Crippen LogP contribution in [0.5, 0.6) is 0 Å². The van der Waals surface area contributed by atoms with Crippen LogP contribution in [-0.4, -0.2) is 6.71 Å². The summed E-state index contributed by atoms with van der Waals surface area (Å²) in [4.78, 5) is 5.36. The molecule has 0 unspecified atom stereocenters. The Hall–Kier alpha value is -8.14. The van der Waals surface area contributed by atoms with Crippen molar-refractivity contribution in [3.05, 3.63) is 222 Å². The molecule has 0 bridgehead atoms. The standard InChI is InChI=1S/C76H69BN2/c1-73(2,3)54-38-55(74(4,5)6)41-58(40-54)78-68-44-64-51(31-28-47-20-14-17-23-61(47)64)34-66(68)77-67-35-52-32-29-48-21-15-18-24-62(48)65(52)45-69(67)79(59-42-56(75(7,8)9)39-57(43-59)76(10,11)12)71-37-53(36-70(78)72(71)77)50-30-27-49-26-25-46-19-13-16-22-60(46)63(49)33-50/h13-45H,1-12H3. The Morgan fingerprint density at radius 2 is 0.595 bits per heavy atom. The summed E-state index contributed by atoms with van der Waals surface area (Å²) in [6.45, 7) is 28.3. The first-order valence-corrected chi connectivity index (χ1v) is 28.6. The van der Waals surface area contributed by atoms with Gasteiger partial charge in [-0.2, -0.15) is 0 Å². The summed E-state index contributed by atoms with van der Waals surface area (Å²) in [5, 5.41) is 15.1. The van der Waals surface area contributed by atoms with E-state index in [-0.39, 0.29) is 28.4 Å². The maximum Gasteiger partial charge on any atom is 0.252 e. The molecule has 0 atom stereocenters. The average molecular weight is 1020 g/mol. The van der Waals surface area contributed by atoms with E-state index in [1.165, 1.54) is 149 Å². The SMILES string of the molecule is CC(C)(C)c1cc(N2c3cc4c(ccc5ccccc54)cc3B3c4cc5ccc6ccccc6c5cc4N(c4cc(C(C)(C)C)cc(C(C)(C)C)c4)c4cc(-c5ccc6ccc7ccccc7c6c5)cc2c43)cc(C(C)(C)C)c1. The normalized spacial score (nSPS) is 13.7. The first kappa shape index (κ1) is 49.2. The molecular formula is C76H69BN2. The number of benzene rings is 12. The van der Waals surface area contributed by atoms with Crippen LogP contribution in [0.2, 0.25) is 0 Å². The monoisotopic (exact) mass is 1020 g/mol. The fraction of sp³-hybridized carbons (Fsp3) is 0.211. The molecule has 2 nitrogen and oxygen atoms in total. The van der Waals surface area contributed by atoms with Crippen molar-refractivity contribution >= 4 is 122 Å². The molecule has 2 aliphatic heterocycles. The summed E-state index contributed by atoms with van der Waals surface area (Å²) in [5.74, 6) is 0. The zero-order valence-corrected chi connectivity index (χ0v) is 48.0. The highest BCUT2D eigenvalue weighted by Gasteiger charge is 2.45. The van der Waals surface area contributed by atoms with E-state index >= 15 is 0 Å². The van der Waals surface area contributed by atoms with Gasteiger partial charge in [0.25, 0.3) is 6.71 Å². The van der Waals surface area contributed by atoms with Gasteiger partial charge in [-0.05, 0) is 191 Å². The lowest BCUT2D eigenvalue weighted by molar-refractivity contribution is 0.568. The van der Waals surface area contributed by atoms with E-state index in [1.54, 1.807) is 0 Å². The number of rotatable bonds is 3. The highest BCUT2D eigenvalue weighted by molar-refractivity contribution is 7.00. The predicted octanol–water partition coefficient (Wildman–Crippen LogP) is 19.5. The van der Waals surface area contributed by atoms with Gasteiger partial charge in [-0.3, -0.25) is 0 Å². The highest BCUT2D eigenvalue weighted by atomic mass is 15.2. The van der Waals surface area contributed by atoms with Gasteiger partial charge < -0.3 is 9.80 Å². The van der Waals surface area contributed by atoms with Crippen molar-refractivity contribution in [2.75, 3.05) is 9.80 Å². The molecule has 12 aromatic carbocycles. The van der Waals surface area contributed by atoms with Crippen molar-refractivity contribution in [1.29, 1.82) is 0 Å². The van der Waals surface area contributed by atoms with Gasteiger partial charge in [0.15, 0.2) is 0 Å². The lowest BCUT2D eigenvalue weighted by Crippen LogP contribution is -2.61. The van der Waals surface area contributed by atoms with E-state index < -0.39 is 0 Å². The van der Waals surface area contributed by atoms with Gasteiger partial charge >= 0.3 is 0 Å². The van der Waals surface area contributed by atoms with E-state index in [1.807, 2.05) is 0 Å². The van der Waals surface area contributed by atoms with Crippen molar-refractivity contribution in [2.24, 2.45) is 0 Å². The molecule has 3 heteroatoms. The van der Waals surface area contributed by atoms with Gasteiger partial charge in [-0.25, -0.2) is 0 Å². The second kappa shape index (κ2) is 17.2. The molecule has 0 aliphatic carbocycles. The maximum absolute atomic E-state index is 2.68. The number of nitrogens with zero attached hydrogens (tertiary/aromatic N) is 2. The second-order valence-corrected chi connectivity index (χ2v) is 27.1. The number of fused-ring (bicyclic) bond motifs is 13. The Morgan fingerprint density at radius 3 is 0.975 bits per heavy atom. The largest absolute Gasteiger partial charge is 0.311 e. The van der Waals surface area contributed by atoms with Crippen LogP contribution in [0.4, 0.5) is 34.1 Å².